The molecule has 3 aromatic carbocycles. The van der Waals surface area contributed by atoms with Gasteiger partial charge in [0, 0.05) is 0 Å². The average molecular weight is 510 g/mol. The number of nitrogens with zero attached hydrogens (tertiary/aromatic N) is 3. The van der Waals surface area contributed by atoms with Gasteiger partial charge in [-0.2, -0.15) is 0 Å². The van der Waals surface area contributed by atoms with E-state index in [4.69, 9.17) is 4.99 Å². The minimum atomic E-state index is -1.68. The van der Waals surface area contributed by atoms with E-state index in [-0.39, 0.29) is 11.7 Å². The maximum absolute atomic E-state index is 13.4. The Labute approximate surface area is 192 Å². The van der Waals surface area contributed by atoms with Gasteiger partial charge in [0.1, 0.15) is 0 Å². The fourth-order valence-corrected chi connectivity index (χ4v) is 9.17. The molecule has 2 aliphatic heterocycles. The molecule has 4 nitrogen and oxygen atoms in total. The van der Waals surface area contributed by atoms with Crippen LogP contribution in [0.4, 0.5) is 10.1 Å². The van der Waals surface area contributed by atoms with E-state index in [0.29, 0.717) is 18.8 Å². The molecular formula is C25H20CdFN3O. The van der Waals surface area contributed by atoms with Crippen molar-refractivity contribution >= 4 is 20.4 Å². The molecule has 31 heavy (non-hydrogen) atoms. The van der Waals surface area contributed by atoms with Crippen molar-refractivity contribution in [3.05, 3.63) is 105 Å². The van der Waals surface area contributed by atoms with E-state index in [1.807, 2.05) is 65.6 Å². The average Bonchev–Trinajstić information content (AvgIpc) is 3.12. The monoisotopic (exact) mass is 511 g/mol. The Kier molecular flexibility index (Phi) is 5.67. The third-order valence-corrected chi connectivity index (χ3v) is 10.9. The van der Waals surface area contributed by atoms with E-state index in [1.54, 1.807) is 0 Å². The summed E-state index contributed by atoms with van der Waals surface area (Å²) in [5, 5.41) is 0. The molecule has 0 fully saturated rings. The number of fused-ring (bicyclic) bond motifs is 1. The summed E-state index contributed by atoms with van der Waals surface area (Å²) >= 11 is -1.68. The van der Waals surface area contributed by atoms with Crippen molar-refractivity contribution in [2.24, 2.45) is 4.99 Å². The standard InChI is InChI=1S/C19H16N3O.C6H4F.Cd/c23-19-17(13-15-7-3-1-4-8-15)20-18-11-12-21(14-22(18)19)16-9-5-2-6-10-16;7-6-4-2-1-3-5-6;/h1-10H,12-14H2;2-5H;. The molecule has 6 heteroatoms. The number of carbonyl (C=O) groups excluding carboxylic acids is 1. The Morgan fingerprint density at radius 1 is 0.903 bits per heavy atom. The number of amides is 1. The number of hydrogen-bond acceptors (Lipinski definition) is 3. The van der Waals surface area contributed by atoms with Crippen LogP contribution in [0, 0.1) is 5.82 Å². The zero-order chi connectivity index (χ0) is 21.2. The number of carbonyl (C=O) groups is 1. The molecule has 150 valence electrons. The summed E-state index contributed by atoms with van der Waals surface area (Å²) in [5.41, 5.74) is 2.77. The summed E-state index contributed by atoms with van der Waals surface area (Å²) in [7, 11) is 0. The summed E-state index contributed by atoms with van der Waals surface area (Å²) in [5.74, 6) is 0.605. The van der Waals surface area contributed by atoms with Crippen LogP contribution in [0.25, 0.3) is 0 Å². The van der Waals surface area contributed by atoms with Crippen molar-refractivity contribution < 1.29 is 33.4 Å². The first-order valence-electron chi connectivity index (χ1n) is 10.4. The molecule has 0 bridgehead atoms. The first kappa shape index (κ1) is 20.1. The first-order valence-corrected chi connectivity index (χ1v) is 14.4. The Balaban J connectivity index is 1.50. The van der Waals surface area contributed by atoms with Crippen LogP contribution in [0.2, 0.25) is 0 Å². The van der Waals surface area contributed by atoms with Crippen LogP contribution in [0.3, 0.4) is 0 Å². The maximum atomic E-state index is 13.4. The molecule has 0 N–H and O–H groups in total. The molecule has 3 aromatic rings. The first-order chi connectivity index (χ1) is 15.2. The van der Waals surface area contributed by atoms with Crippen molar-refractivity contribution in [2.75, 3.05) is 18.1 Å². The van der Waals surface area contributed by atoms with Crippen molar-refractivity contribution in [1.82, 2.24) is 4.90 Å². The Hall–Kier alpha value is -2.81. The van der Waals surface area contributed by atoms with E-state index >= 15 is 0 Å². The topological polar surface area (TPSA) is 35.9 Å². The van der Waals surface area contributed by atoms with Crippen molar-refractivity contribution in [3.63, 3.8) is 0 Å². The second-order valence-electron chi connectivity index (χ2n) is 7.86. The van der Waals surface area contributed by atoms with Gasteiger partial charge in [0.2, 0.25) is 0 Å². The number of hydrogen-bond donors (Lipinski definition) is 0. The summed E-state index contributed by atoms with van der Waals surface area (Å²) < 4.78 is 15.9. The molecule has 0 aliphatic carbocycles. The third kappa shape index (κ3) is 4.32. The number of aliphatic imine (C=N–C) groups is 1. The van der Waals surface area contributed by atoms with Crippen LogP contribution < -0.4 is 8.02 Å². The SMILES string of the molecule is O=C1C(Cc2ccccc2)=NC2=[C]([Cd][c]3ccc(F)cc3)CN(c3ccccc3)CN12. The quantitative estimate of drug-likeness (QED) is 0.492. The summed E-state index contributed by atoms with van der Waals surface area (Å²) in [6.07, 6.45) is 0.532. The number of para-hydroxylation sites is 1. The molecule has 0 aromatic heterocycles. The van der Waals surface area contributed by atoms with Gasteiger partial charge in [0.25, 0.3) is 0 Å². The predicted molar refractivity (Wildman–Crippen MR) is 116 cm³/mol. The van der Waals surface area contributed by atoms with Crippen LogP contribution in [0.15, 0.2) is 98.9 Å². The summed E-state index contributed by atoms with van der Waals surface area (Å²) in [6.45, 7) is 1.26. The molecule has 5 rings (SSSR count). The summed E-state index contributed by atoms with van der Waals surface area (Å²) in [6, 6.07) is 27.0. The van der Waals surface area contributed by atoms with Crippen molar-refractivity contribution in [3.8, 4) is 0 Å². The fraction of sp³-hybridized carbons (Fsp3) is 0.120. The number of halogens is 1. The molecule has 0 saturated heterocycles. The van der Waals surface area contributed by atoms with Gasteiger partial charge in [-0.25, -0.2) is 0 Å². The van der Waals surface area contributed by atoms with Crippen molar-refractivity contribution in [2.45, 2.75) is 6.42 Å². The van der Waals surface area contributed by atoms with Crippen LogP contribution in [-0.4, -0.2) is 29.7 Å². The van der Waals surface area contributed by atoms with Gasteiger partial charge in [-0.3, -0.25) is 0 Å². The van der Waals surface area contributed by atoms with Crippen molar-refractivity contribution in [1.29, 1.82) is 0 Å². The van der Waals surface area contributed by atoms with Crippen LogP contribution in [0.1, 0.15) is 5.56 Å². The van der Waals surface area contributed by atoms with Gasteiger partial charge < -0.3 is 0 Å². The number of anilines is 1. The van der Waals surface area contributed by atoms with E-state index in [9.17, 15) is 9.18 Å². The van der Waals surface area contributed by atoms with Gasteiger partial charge >= 0.3 is 194 Å². The van der Waals surface area contributed by atoms with E-state index in [0.717, 1.165) is 23.6 Å². The van der Waals surface area contributed by atoms with E-state index < -0.39 is 24.2 Å². The molecule has 1 amide bonds. The van der Waals surface area contributed by atoms with Gasteiger partial charge in [-0.05, 0) is 0 Å². The normalized spacial score (nSPS) is 15.6. The number of rotatable bonds is 5. The molecule has 2 heterocycles. The van der Waals surface area contributed by atoms with Crippen LogP contribution >= 0.6 is 0 Å². The molecule has 2 aliphatic rings. The Morgan fingerprint density at radius 2 is 1.58 bits per heavy atom. The molecule has 0 unspecified atom stereocenters. The van der Waals surface area contributed by atoms with Crippen LogP contribution in [0.5, 0.6) is 0 Å². The molecule has 0 atom stereocenters. The molecule has 0 saturated carbocycles. The Morgan fingerprint density at radius 3 is 2.29 bits per heavy atom. The number of benzene rings is 3. The second kappa shape index (κ2) is 8.74. The zero-order valence-corrected chi connectivity index (χ0v) is 21.1. The zero-order valence-electron chi connectivity index (χ0n) is 17.0. The molecule has 0 radical (unpaired) electrons. The fourth-order valence-electron chi connectivity index (χ4n) is 4.11. The second-order valence-corrected chi connectivity index (χ2v) is 13.6. The van der Waals surface area contributed by atoms with E-state index in [2.05, 4.69) is 17.0 Å². The van der Waals surface area contributed by atoms with Gasteiger partial charge in [0.05, 0.1) is 0 Å². The minimum absolute atomic E-state index is 0.0117. The molecule has 0 spiro atoms. The molecular weight excluding hydrogens is 490 g/mol. The van der Waals surface area contributed by atoms with Gasteiger partial charge in [0.15, 0.2) is 0 Å². The third-order valence-electron chi connectivity index (χ3n) is 5.67. The van der Waals surface area contributed by atoms with E-state index in [1.165, 1.54) is 18.4 Å². The van der Waals surface area contributed by atoms with Gasteiger partial charge in [-0.1, -0.05) is 0 Å². The summed E-state index contributed by atoms with van der Waals surface area (Å²) in [4.78, 5) is 22.2. The van der Waals surface area contributed by atoms with Gasteiger partial charge in [-0.15, -0.1) is 0 Å². The Bertz CT molecular complexity index is 1160. The van der Waals surface area contributed by atoms with Crippen LogP contribution in [-0.2, 0) is 35.5 Å². The predicted octanol–water partition coefficient (Wildman–Crippen LogP) is 3.71.